The number of hydrogen-bond donors (Lipinski definition) is 2. The standard InChI is InChI=1S/C22H23NO3/c1-26-17-8-3-2-5-14(17)21-19-13-10-9-12(11-13)18(19)15-6-4-7-16(22(24)25)20(15)23-21/h2-8,12-13,18-19,21,23H,9-11H2,1H3,(H,24,25)/t12-,13-,18-,19-,21+/m1/s1. The lowest BCUT2D eigenvalue weighted by Gasteiger charge is -2.44. The summed E-state index contributed by atoms with van der Waals surface area (Å²) in [6.07, 6.45) is 3.81. The van der Waals surface area contributed by atoms with Crippen LogP contribution in [0.2, 0.25) is 0 Å². The van der Waals surface area contributed by atoms with E-state index in [-0.39, 0.29) is 6.04 Å². The van der Waals surface area contributed by atoms with Crippen LogP contribution in [0, 0.1) is 17.8 Å². The number of rotatable bonds is 3. The van der Waals surface area contributed by atoms with Gasteiger partial charge in [-0.05, 0) is 60.6 Å². The molecule has 0 amide bonds. The van der Waals surface area contributed by atoms with E-state index in [4.69, 9.17) is 4.74 Å². The Bertz CT molecular complexity index is 877. The van der Waals surface area contributed by atoms with Gasteiger partial charge in [0.2, 0.25) is 0 Å². The zero-order valence-electron chi connectivity index (χ0n) is 14.8. The van der Waals surface area contributed by atoms with Crippen molar-refractivity contribution in [1.29, 1.82) is 0 Å². The number of benzene rings is 2. The van der Waals surface area contributed by atoms with Crippen LogP contribution in [-0.4, -0.2) is 18.2 Å². The molecule has 0 saturated heterocycles. The van der Waals surface area contributed by atoms with Gasteiger partial charge < -0.3 is 15.2 Å². The highest BCUT2D eigenvalue weighted by atomic mass is 16.5. The van der Waals surface area contributed by atoms with Crippen LogP contribution in [-0.2, 0) is 0 Å². The van der Waals surface area contributed by atoms with E-state index in [1.807, 2.05) is 24.3 Å². The zero-order chi connectivity index (χ0) is 17.8. The molecule has 1 aliphatic heterocycles. The van der Waals surface area contributed by atoms with Crippen LogP contribution < -0.4 is 10.1 Å². The van der Waals surface area contributed by atoms with Crippen molar-refractivity contribution in [1.82, 2.24) is 0 Å². The Kier molecular flexibility index (Phi) is 3.49. The van der Waals surface area contributed by atoms with Gasteiger partial charge in [0.1, 0.15) is 5.75 Å². The van der Waals surface area contributed by atoms with E-state index in [1.165, 1.54) is 24.8 Å². The molecule has 1 heterocycles. The lowest BCUT2D eigenvalue weighted by atomic mass is 9.67. The van der Waals surface area contributed by atoms with Crippen molar-refractivity contribution in [2.75, 3.05) is 12.4 Å². The molecular weight excluding hydrogens is 326 g/mol. The molecule has 0 aromatic heterocycles. The minimum atomic E-state index is -0.866. The molecule has 26 heavy (non-hydrogen) atoms. The molecule has 0 spiro atoms. The third-order valence-corrected chi connectivity index (χ3v) is 6.83. The number of carboxylic acid groups (broad SMARTS) is 1. The summed E-state index contributed by atoms with van der Waals surface area (Å²) in [5, 5.41) is 13.3. The van der Waals surface area contributed by atoms with E-state index in [1.54, 1.807) is 13.2 Å². The molecule has 5 rings (SSSR count). The summed E-state index contributed by atoms with van der Waals surface area (Å²) in [7, 11) is 1.70. The predicted molar refractivity (Wildman–Crippen MR) is 99.8 cm³/mol. The Balaban J connectivity index is 1.69. The molecule has 3 aliphatic rings. The second-order valence-electron chi connectivity index (χ2n) is 7.88. The Morgan fingerprint density at radius 3 is 2.65 bits per heavy atom. The average molecular weight is 349 g/mol. The first-order valence-corrected chi connectivity index (χ1v) is 9.44. The molecule has 2 aromatic rings. The van der Waals surface area contributed by atoms with E-state index in [9.17, 15) is 9.90 Å². The van der Waals surface area contributed by atoms with Crippen LogP contribution in [0.5, 0.6) is 5.75 Å². The van der Waals surface area contributed by atoms with Crippen molar-refractivity contribution in [3.8, 4) is 5.75 Å². The van der Waals surface area contributed by atoms with Gasteiger partial charge in [-0.25, -0.2) is 4.79 Å². The van der Waals surface area contributed by atoms with Crippen molar-refractivity contribution in [2.24, 2.45) is 17.8 Å². The summed E-state index contributed by atoms with van der Waals surface area (Å²) in [6, 6.07) is 14.0. The first kappa shape index (κ1) is 15.7. The summed E-state index contributed by atoms with van der Waals surface area (Å²) in [4.78, 5) is 11.8. The number of hydrogen-bond acceptors (Lipinski definition) is 3. The molecule has 4 heteroatoms. The number of aromatic carboxylic acids is 1. The first-order valence-electron chi connectivity index (χ1n) is 9.44. The van der Waals surface area contributed by atoms with E-state index in [2.05, 4.69) is 17.4 Å². The van der Waals surface area contributed by atoms with Crippen molar-refractivity contribution in [2.45, 2.75) is 31.2 Å². The fourth-order valence-electron chi connectivity index (χ4n) is 5.92. The molecule has 134 valence electrons. The highest BCUT2D eigenvalue weighted by Crippen LogP contribution is 2.64. The average Bonchev–Trinajstić information content (AvgIpc) is 3.29. The molecule has 0 unspecified atom stereocenters. The summed E-state index contributed by atoms with van der Waals surface area (Å²) in [5.41, 5.74) is 3.53. The smallest absolute Gasteiger partial charge is 0.337 e. The minimum absolute atomic E-state index is 0.0967. The number of methoxy groups -OCH3 is 1. The maximum absolute atomic E-state index is 11.8. The number of para-hydroxylation sites is 2. The molecule has 2 bridgehead atoms. The molecule has 5 atom stereocenters. The summed E-state index contributed by atoms with van der Waals surface area (Å²) in [5.74, 6) is 2.33. The quantitative estimate of drug-likeness (QED) is 0.844. The normalized spacial score (nSPS) is 31.0. The number of carbonyl (C=O) groups is 1. The Labute approximate surface area is 153 Å². The number of carboxylic acids is 1. The van der Waals surface area contributed by atoms with E-state index in [0.29, 0.717) is 29.2 Å². The van der Waals surface area contributed by atoms with Gasteiger partial charge in [0.15, 0.2) is 0 Å². The predicted octanol–water partition coefficient (Wildman–Crippen LogP) is 4.69. The van der Waals surface area contributed by atoms with E-state index < -0.39 is 5.97 Å². The van der Waals surface area contributed by atoms with Gasteiger partial charge in [-0.1, -0.05) is 30.3 Å². The highest BCUT2D eigenvalue weighted by molar-refractivity contribution is 5.95. The zero-order valence-corrected chi connectivity index (χ0v) is 14.8. The third-order valence-electron chi connectivity index (χ3n) is 6.83. The molecule has 0 radical (unpaired) electrons. The van der Waals surface area contributed by atoms with Gasteiger partial charge in [0.25, 0.3) is 0 Å². The van der Waals surface area contributed by atoms with E-state index >= 15 is 0 Å². The highest BCUT2D eigenvalue weighted by Gasteiger charge is 2.54. The maximum Gasteiger partial charge on any atom is 0.337 e. The van der Waals surface area contributed by atoms with Crippen LogP contribution in [0.1, 0.15) is 52.7 Å². The number of anilines is 1. The van der Waals surface area contributed by atoms with Crippen molar-refractivity contribution in [3.63, 3.8) is 0 Å². The van der Waals surface area contributed by atoms with Gasteiger partial charge in [-0.3, -0.25) is 0 Å². The molecular formula is C22H23NO3. The summed E-state index contributed by atoms with van der Waals surface area (Å²) in [6.45, 7) is 0. The topological polar surface area (TPSA) is 58.6 Å². The number of ether oxygens (including phenoxy) is 1. The Morgan fingerprint density at radius 1 is 1.08 bits per heavy atom. The number of fused-ring (bicyclic) bond motifs is 7. The van der Waals surface area contributed by atoms with Crippen LogP contribution in [0.15, 0.2) is 42.5 Å². The molecule has 2 fully saturated rings. The fraction of sp³-hybridized carbons (Fsp3) is 0.409. The summed E-state index contributed by atoms with van der Waals surface area (Å²) >= 11 is 0. The Hall–Kier alpha value is -2.49. The van der Waals surface area contributed by atoms with Crippen LogP contribution in [0.3, 0.4) is 0 Å². The van der Waals surface area contributed by atoms with Gasteiger partial charge >= 0.3 is 5.97 Å². The third kappa shape index (κ3) is 2.11. The lowest BCUT2D eigenvalue weighted by molar-refractivity contribution is 0.0697. The van der Waals surface area contributed by atoms with Crippen molar-refractivity contribution in [3.05, 3.63) is 59.2 Å². The van der Waals surface area contributed by atoms with Gasteiger partial charge in [-0.2, -0.15) is 0 Å². The molecule has 2 saturated carbocycles. The fourth-order valence-corrected chi connectivity index (χ4v) is 5.92. The second-order valence-corrected chi connectivity index (χ2v) is 7.88. The maximum atomic E-state index is 11.8. The van der Waals surface area contributed by atoms with Crippen molar-refractivity contribution < 1.29 is 14.6 Å². The number of nitrogens with one attached hydrogen (secondary N) is 1. The second kappa shape index (κ2) is 5.76. The van der Waals surface area contributed by atoms with Gasteiger partial charge in [0, 0.05) is 5.56 Å². The molecule has 2 N–H and O–H groups in total. The minimum Gasteiger partial charge on any atom is -0.496 e. The first-order chi connectivity index (χ1) is 12.7. The molecule has 2 aliphatic carbocycles. The van der Waals surface area contributed by atoms with Gasteiger partial charge in [-0.15, -0.1) is 0 Å². The Morgan fingerprint density at radius 2 is 1.85 bits per heavy atom. The van der Waals surface area contributed by atoms with E-state index in [0.717, 1.165) is 17.0 Å². The SMILES string of the molecule is COc1ccccc1[C@@H]1Nc2c(C(=O)O)cccc2[C@H]2[C@@H]3CC[C@H](C3)[C@H]21. The van der Waals surface area contributed by atoms with Crippen LogP contribution >= 0.6 is 0 Å². The summed E-state index contributed by atoms with van der Waals surface area (Å²) < 4.78 is 5.64. The van der Waals surface area contributed by atoms with Crippen LogP contribution in [0.4, 0.5) is 5.69 Å². The molecule has 2 aromatic carbocycles. The monoisotopic (exact) mass is 349 g/mol. The van der Waals surface area contributed by atoms with Crippen LogP contribution in [0.25, 0.3) is 0 Å². The van der Waals surface area contributed by atoms with Gasteiger partial charge in [0.05, 0.1) is 24.4 Å². The van der Waals surface area contributed by atoms with Crippen molar-refractivity contribution >= 4 is 11.7 Å². The lowest BCUT2D eigenvalue weighted by Crippen LogP contribution is -2.36. The largest absolute Gasteiger partial charge is 0.496 e. The molecule has 4 nitrogen and oxygen atoms in total.